The normalized spacial score (nSPS) is 16.1. The van der Waals surface area contributed by atoms with E-state index in [4.69, 9.17) is 4.74 Å². The van der Waals surface area contributed by atoms with Crippen molar-refractivity contribution in [1.29, 1.82) is 0 Å². The number of carbonyl (C=O) groups is 1. The molecule has 0 aliphatic carbocycles. The molecule has 0 atom stereocenters. The molecule has 1 saturated heterocycles. The van der Waals surface area contributed by atoms with E-state index in [2.05, 4.69) is 23.9 Å². The van der Waals surface area contributed by atoms with Gasteiger partial charge in [0.05, 0.1) is 11.5 Å². The molecule has 164 valence electrons. The second kappa shape index (κ2) is 9.80. The third-order valence-electron chi connectivity index (χ3n) is 4.66. The molecule has 0 aromatic heterocycles. The number of nitrogens with one attached hydrogen (secondary N) is 2. The van der Waals surface area contributed by atoms with Gasteiger partial charge in [-0.25, -0.2) is 17.9 Å². The number of hydrogen-bond acceptors (Lipinski definition) is 4. The zero-order valence-electron chi connectivity index (χ0n) is 18.2. The Hall–Kier alpha value is -1.80. The second-order valence-electron chi connectivity index (χ2n) is 9.14. The summed E-state index contributed by atoms with van der Waals surface area (Å²) in [5.41, 5.74) is -0.265. The minimum absolute atomic E-state index is 0.0590. The minimum atomic E-state index is -3.56. The third kappa shape index (κ3) is 7.85. The molecule has 2 N–H and O–H groups in total. The van der Waals surface area contributed by atoms with E-state index in [0.29, 0.717) is 37.9 Å². The largest absolute Gasteiger partial charge is 0.493 e. The molecule has 2 amide bonds. The van der Waals surface area contributed by atoms with Crippen molar-refractivity contribution in [1.82, 2.24) is 14.9 Å². The molecule has 1 aliphatic rings. The first kappa shape index (κ1) is 23.5. The maximum absolute atomic E-state index is 12.6. The minimum Gasteiger partial charge on any atom is -0.493 e. The highest BCUT2D eigenvalue weighted by Gasteiger charge is 2.26. The summed E-state index contributed by atoms with van der Waals surface area (Å²) in [5, 5.41) is 2.97. The molecule has 1 aliphatic heterocycles. The fourth-order valence-corrected chi connectivity index (χ4v) is 4.15. The molecule has 0 saturated carbocycles. The molecule has 0 radical (unpaired) electrons. The van der Waals surface area contributed by atoms with Crippen LogP contribution in [0, 0.1) is 11.8 Å². The average Bonchev–Trinajstić information content (AvgIpc) is 2.64. The first-order valence-corrected chi connectivity index (χ1v) is 11.7. The maximum Gasteiger partial charge on any atom is 0.317 e. The van der Waals surface area contributed by atoms with Crippen molar-refractivity contribution < 1.29 is 17.9 Å². The Labute approximate surface area is 175 Å². The summed E-state index contributed by atoms with van der Waals surface area (Å²) in [4.78, 5) is 14.3. The number of amides is 2. The number of urea groups is 1. The Balaban J connectivity index is 1.81. The van der Waals surface area contributed by atoms with Gasteiger partial charge >= 0.3 is 6.03 Å². The molecular weight excluding hydrogens is 390 g/mol. The van der Waals surface area contributed by atoms with Crippen LogP contribution >= 0.6 is 0 Å². The van der Waals surface area contributed by atoms with E-state index in [1.807, 2.05) is 20.8 Å². The Morgan fingerprint density at radius 3 is 2.28 bits per heavy atom. The van der Waals surface area contributed by atoms with Gasteiger partial charge in [0.1, 0.15) is 5.75 Å². The average molecular weight is 426 g/mol. The maximum atomic E-state index is 12.6. The number of benzene rings is 1. The van der Waals surface area contributed by atoms with E-state index < -0.39 is 10.0 Å². The lowest BCUT2D eigenvalue weighted by Crippen LogP contribution is -2.51. The molecule has 1 fully saturated rings. The number of rotatable bonds is 7. The van der Waals surface area contributed by atoms with Gasteiger partial charge in [0.15, 0.2) is 0 Å². The number of sulfonamides is 1. The highest BCUT2D eigenvalue weighted by atomic mass is 32.2. The second-order valence-corrected chi connectivity index (χ2v) is 10.9. The van der Waals surface area contributed by atoms with E-state index in [1.165, 1.54) is 0 Å². The predicted octanol–water partition coefficient (Wildman–Crippen LogP) is 3.22. The molecule has 1 aromatic carbocycles. The number of likely N-dealkylation sites (tertiary alicyclic amines) is 1. The lowest BCUT2D eigenvalue weighted by atomic mass is 9.97. The molecule has 0 spiro atoms. The quantitative estimate of drug-likeness (QED) is 0.702. The van der Waals surface area contributed by atoms with Crippen LogP contribution in [0.2, 0.25) is 0 Å². The summed E-state index contributed by atoms with van der Waals surface area (Å²) >= 11 is 0. The zero-order chi connectivity index (χ0) is 21.7. The van der Waals surface area contributed by atoms with Crippen molar-refractivity contribution in [2.24, 2.45) is 11.8 Å². The van der Waals surface area contributed by atoms with E-state index in [9.17, 15) is 13.2 Å². The summed E-state index contributed by atoms with van der Waals surface area (Å²) in [6, 6.07) is 6.44. The van der Waals surface area contributed by atoms with E-state index >= 15 is 0 Å². The molecule has 7 nitrogen and oxygen atoms in total. The molecule has 0 unspecified atom stereocenters. The van der Waals surface area contributed by atoms with Gasteiger partial charge in [-0.05, 0) is 69.7 Å². The van der Waals surface area contributed by atoms with Crippen molar-refractivity contribution in [2.75, 3.05) is 26.2 Å². The first-order chi connectivity index (χ1) is 13.5. The molecule has 2 rings (SSSR count). The molecule has 0 bridgehead atoms. The van der Waals surface area contributed by atoms with Gasteiger partial charge in [0.25, 0.3) is 0 Å². The van der Waals surface area contributed by atoms with Gasteiger partial charge < -0.3 is 15.0 Å². The number of ether oxygens (including phenoxy) is 1. The van der Waals surface area contributed by atoms with Crippen molar-refractivity contribution in [3.8, 4) is 5.75 Å². The summed E-state index contributed by atoms with van der Waals surface area (Å²) < 4.78 is 33.4. The van der Waals surface area contributed by atoms with Gasteiger partial charge in [0.2, 0.25) is 10.0 Å². The van der Waals surface area contributed by atoms with Gasteiger partial charge in [0, 0.05) is 25.2 Å². The van der Waals surface area contributed by atoms with Crippen molar-refractivity contribution >= 4 is 16.1 Å². The van der Waals surface area contributed by atoms with Crippen LogP contribution < -0.4 is 14.8 Å². The van der Waals surface area contributed by atoms with Crippen molar-refractivity contribution in [2.45, 2.75) is 57.9 Å². The topological polar surface area (TPSA) is 87.7 Å². The van der Waals surface area contributed by atoms with Gasteiger partial charge in [-0.2, -0.15) is 0 Å². The van der Waals surface area contributed by atoms with Crippen LogP contribution in [0.4, 0.5) is 4.79 Å². The van der Waals surface area contributed by atoms with Crippen LogP contribution in [0.15, 0.2) is 29.2 Å². The molecule has 1 heterocycles. The fourth-order valence-electron chi connectivity index (χ4n) is 3.03. The van der Waals surface area contributed by atoms with Gasteiger partial charge in [-0.15, -0.1) is 0 Å². The summed E-state index contributed by atoms with van der Waals surface area (Å²) in [6.45, 7) is 12.2. The third-order valence-corrected chi connectivity index (χ3v) is 6.10. The van der Waals surface area contributed by atoms with Crippen LogP contribution in [0.5, 0.6) is 5.75 Å². The van der Waals surface area contributed by atoms with Crippen molar-refractivity contribution in [3.63, 3.8) is 0 Å². The first-order valence-electron chi connectivity index (χ1n) is 10.3. The molecule has 8 heteroatoms. The lowest BCUT2D eigenvalue weighted by Gasteiger charge is -2.34. The summed E-state index contributed by atoms with van der Waals surface area (Å²) in [5.74, 6) is 1.29. The Morgan fingerprint density at radius 2 is 1.76 bits per heavy atom. The van der Waals surface area contributed by atoms with E-state index in [0.717, 1.165) is 12.8 Å². The van der Waals surface area contributed by atoms with Crippen molar-refractivity contribution in [3.05, 3.63) is 24.3 Å². The van der Waals surface area contributed by atoms with Crippen LogP contribution in [-0.2, 0) is 10.0 Å². The number of piperidine rings is 1. The van der Waals surface area contributed by atoms with Crippen LogP contribution in [0.1, 0.15) is 47.5 Å². The zero-order valence-corrected chi connectivity index (χ0v) is 19.0. The fraction of sp³-hybridized carbons (Fsp3) is 0.667. The number of nitrogens with zero attached hydrogens (tertiary/aromatic N) is 1. The Kier molecular flexibility index (Phi) is 7.94. The highest BCUT2D eigenvalue weighted by Crippen LogP contribution is 2.20. The van der Waals surface area contributed by atoms with Gasteiger partial charge in [-0.3, -0.25) is 0 Å². The molecular formula is C21H35N3O4S. The smallest absolute Gasteiger partial charge is 0.317 e. The monoisotopic (exact) mass is 425 g/mol. The molecule has 29 heavy (non-hydrogen) atoms. The van der Waals surface area contributed by atoms with Crippen LogP contribution in [0.3, 0.4) is 0 Å². The SMILES string of the molecule is CC(C)COc1ccc(S(=O)(=O)NCC2CCN(C(=O)NC(C)(C)C)CC2)cc1. The lowest BCUT2D eigenvalue weighted by molar-refractivity contribution is 0.163. The Bertz CT molecular complexity index is 762. The van der Waals surface area contributed by atoms with E-state index in [-0.39, 0.29) is 22.4 Å². The number of hydrogen-bond donors (Lipinski definition) is 2. The molecule has 1 aromatic rings. The Morgan fingerprint density at radius 1 is 1.17 bits per heavy atom. The highest BCUT2D eigenvalue weighted by molar-refractivity contribution is 7.89. The van der Waals surface area contributed by atoms with Crippen LogP contribution in [-0.4, -0.2) is 51.1 Å². The van der Waals surface area contributed by atoms with Gasteiger partial charge in [-0.1, -0.05) is 13.8 Å². The standard InChI is InChI=1S/C21H35N3O4S/c1-16(2)15-28-18-6-8-19(9-7-18)29(26,27)22-14-17-10-12-24(13-11-17)20(25)23-21(3,4)5/h6-9,16-17,22H,10-15H2,1-5H3,(H,23,25). The van der Waals surface area contributed by atoms with E-state index in [1.54, 1.807) is 29.2 Å². The summed E-state index contributed by atoms with van der Waals surface area (Å²) in [7, 11) is -3.56. The van der Waals surface area contributed by atoms with Crippen LogP contribution in [0.25, 0.3) is 0 Å². The number of carbonyl (C=O) groups excluding carboxylic acids is 1. The predicted molar refractivity (Wildman–Crippen MR) is 115 cm³/mol. The summed E-state index contributed by atoms with van der Waals surface area (Å²) in [6.07, 6.45) is 1.56.